The SMILES string of the molecule is COc1cc(/C=C2/C(=O)N(c3cccc(C)c3)N=C2C)ccc1OCC(N)=O. The minimum atomic E-state index is -0.576. The molecule has 0 aromatic heterocycles. The van der Waals surface area contributed by atoms with Gasteiger partial charge >= 0.3 is 0 Å². The van der Waals surface area contributed by atoms with Gasteiger partial charge in [-0.1, -0.05) is 18.2 Å². The third-order valence-electron chi connectivity index (χ3n) is 4.18. The molecule has 0 fully saturated rings. The second-order valence-corrected chi connectivity index (χ2v) is 6.36. The van der Waals surface area contributed by atoms with Gasteiger partial charge in [-0.15, -0.1) is 0 Å². The Bertz CT molecular complexity index is 995. The first-order valence-corrected chi connectivity index (χ1v) is 8.66. The molecule has 0 unspecified atom stereocenters. The predicted octanol–water partition coefficient (Wildman–Crippen LogP) is 2.67. The first-order chi connectivity index (χ1) is 13.4. The number of nitrogens with zero attached hydrogens (tertiary/aromatic N) is 2. The van der Waals surface area contributed by atoms with Crippen molar-refractivity contribution >= 4 is 29.3 Å². The van der Waals surface area contributed by atoms with Crippen LogP contribution in [0.1, 0.15) is 18.1 Å². The van der Waals surface area contributed by atoms with Gasteiger partial charge in [0.25, 0.3) is 11.8 Å². The number of ether oxygens (including phenoxy) is 2. The molecule has 2 amide bonds. The van der Waals surface area contributed by atoms with E-state index >= 15 is 0 Å². The van der Waals surface area contributed by atoms with Crippen LogP contribution in [0.15, 0.2) is 53.1 Å². The summed E-state index contributed by atoms with van der Waals surface area (Å²) in [6, 6.07) is 12.8. The summed E-state index contributed by atoms with van der Waals surface area (Å²) >= 11 is 0. The summed E-state index contributed by atoms with van der Waals surface area (Å²) in [5, 5.41) is 5.79. The minimum Gasteiger partial charge on any atom is -0.493 e. The number of hydrazone groups is 1. The molecule has 28 heavy (non-hydrogen) atoms. The van der Waals surface area contributed by atoms with Crippen LogP contribution in [0.3, 0.4) is 0 Å². The zero-order chi connectivity index (χ0) is 20.3. The van der Waals surface area contributed by atoms with Crippen molar-refractivity contribution in [3.8, 4) is 11.5 Å². The van der Waals surface area contributed by atoms with Crippen molar-refractivity contribution in [1.82, 2.24) is 0 Å². The lowest BCUT2D eigenvalue weighted by molar-refractivity contribution is -0.120. The Balaban J connectivity index is 1.88. The zero-order valence-electron chi connectivity index (χ0n) is 15.9. The number of methoxy groups -OCH3 is 1. The maximum atomic E-state index is 12.9. The summed E-state index contributed by atoms with van der Waals surface area (Å²) < 4.78 is 10.6. The zero-order valence-corrected chi connectivity index (χ0v) is 15.9. The molecule has 0 saturated carbocycles. The van der Waals surface area contributed by atoms with Gasteiger partial charge in [-0.2, -0.15) is 10.1 Å². The lowest BCUT2D eigenvalue weighted by Crippen LogP contribution is -2.21. The van der Waals surface area contributed by atoms with E-state index in [1.165, 1.54) is 12.1 Å². The summed E-state index contributed by atoms with van der Waals surface area (Å²) in [6.07, 6.45) is 1.75. The average Bonchev–Trinajstić information content (AvgIpc) is 2.95. The first kappa shape index (κ1) is 19.2. The third-order valence-corrected chi connectivity index (χ3v) is 4.18. The molecule has 2 N–H and O–H groups in total. The van der Waals surface area contributed by atoms with Gasteiger partial charge in [0, 0.05) is 0 Å². The lowest BCUT2D eigenvalue weighted by Gasteiger charge is -2.12. The fourth-order valence-corrected chi connectivity index (χ4v) is 2.83. The molecule has 0 spiro atoms. The summed E-state index contributed by atoms with van der Waals surface area (Å²) in [5.74, 6) is 0.0585. The van der Waals surface area contributed by atoms with E-state index in [1.54, 1.807) is 31.2 Å². The fraction of sp³-hybridized carbons (Fsp3) is 0.190. The predicted molar refractivity (Wildman–Crippen MR) is 107 cm³/mol. The van der Waals surface area contributed by atoms with E-state index in [-0.39, 0.29) is 12.5 Å². The van der Waals surface area contributed by atoms with Crippen LogP contribution < -0.4 is 20.2 Å². The van der Waals surface area contributed by atoms with Crippen LogP contribution in [-0.4, -0.2) is 31.2 Å². The summed E-state index contributed by atoms with van der Waals surface area (Å²) in [5.41, 5.74) is 8.73. The standard InChI is InChI=1S/C21H21N3O4/c1-13-5-4-6-16(9-13)24-21(26)17(14(2)23-24)10-15-7-8-18(19(11-15)27-3)28-12-20(22)25/h4-11H,12H2,1-3H3,(H2,22,25)/b17-10+. The van der Waals surface area contributed by atoms with Crippen LogP contribution in [0.25, 0.3) is 6.08 Å². The van der Waals surface area contributed by atoms with Crippen molar-refractivity contribution in [2.45, 2.75) is 13.8 Å². The quantitative estimate of drug-likeness (QED) is 0.781. The Labute approximate surface area is 163 Å². The molecule has 0 radical (unpaired) electrons. The van der Waals surface area contributed by atoms with Crippen molar-refractivity contribution in [3.05, 3.63) is 59.2 Å². The number of anilines is 1. The summed E-state index contributed by atoms with van der Waals surface area (Å²) in [7, 11) is 1.50. The summed E-state index contributed by atoms with van der Waals surface area (Å²) in [6.45, 7) is 3.51. The Kier molecular flexibility index (Phi) is 5.44. The van der Waals surface area contributed by atoms with Crippen LogP contribution in [0.4, 0.5) is 5.69 Å². The maximum absolute atomic E-state index is 12.9. The minimum absolute atomic E-state index is 0.198. The van der Waals surface area contributed by atoms with E-state index < -0.39 is 5.91 Å². The number of hydrogen-bond donors (Lipinski definition) is 1. The molecule has 1 aliphatic rings. The molecular weight excluding hydrogens is 358 g/mol. The molecule has 0 atom stereocenters. The molecule has 0 saturated heterocycles. The van der Waals surface area contributed by atoms with Crippen LogP contribution in [0.2, 0.25) is 0 Å². The van der Waals surface area contributed by atoms with Crippen molar-refractivity contribution < 1.29 is 19.1 Å². The van der Waals surface area contributed by atoms with Gasteiger partial charge in [0.15, 0.2) is 18.1 Å². The highest BCUT2D eigenvalue weighted by Crippen LogP contribution is 2.30. The van der Waals surface area contributed by atoms with E-state index in [0.29, 0.717) is 22.8 Å². The van der Waals surface area contributed by atoms with Gasteiger partial charge in [0.05, 0.1) is 24.1 Å². The fourth-order valence-electron chi connectivity index (χ4n) is 2.83. The largest absolute Gasteiger partial charge is 0.493 e. The second kappa shape index (κ2) is 7.96. The number of hydrogen-bond acceptors (Lipinski definition) is 5. The van der Waals surface area contributed by atoms with Crippen LogP contribution >= 0.6 is 0 Å². The normalized spacial score (nSPS) is 15.0. The van der Waals surface area contributed by atoms with Gasteiger partial charge in [-0.3, -0.25) is 9.59 Å². The van der Waals surface area contributed by atoms with Crippen molar-refractivity contribution in [1.29, 1.82) is 0 Å². The molecule has 1 aliphatic heterocycles. The van der Waals surface area contributed by atoms with Gasteiger partial charge in [0.2, 0.25) is 0 Å². The van der Waals surface area contributed by atoms with Gasteiger partial charge < -0.3 is 15.2 Å². The molecule has 2 aromatic rings. The number of carbonyl (C=O) groups excluding carboxylic acids is 2. The highest BCUT2D eigenvalue weighted by Gasteiger charge is 2.28. The second-order valence-electron chi connectivity index (χ2n) is 6.36. The molecule has 144 valence electrons. The monoisotopic (exact) mass is 379 g/mol. The number of aryl methyl sites for hydroxylation is 1. The van der Waals surface area contributed by atoms with Gasteiger partial charge in [-0.05, 0) is 55.3 Å². The number of carbonyl (C=O) groups is 2. The number of rotatable bonds is 6. The maximum Gasteiger partial charge on any atom is 0.280 e. The molecule has 2 aromatic carbocycles. The lowest BCUT2D eigenvalue weighted by atomic mass is 10.1. The van der Waals surface area contributed by atoms with Crippen LogP contribution in [0.5, 0.6) is 11.5 Å². The van der Waals surface area contributed by atoms with E-state index in [1.807, 2.05) is 31.2 Å². The molecular formula is C21H21N3O4. The Hall–Kier alpha value is -3.61. The van der Waals surface area contributed by atoms with Gasteiger partial charge in [-0.25, -0.2) is 0 Å². The topological polar surface area (TPSA) is 94.2 Å². The number of benzene rings is 2. The molecule has 3 rings (SSSR count). The highest BCUT2D eigenvalue weighted by molar-refractivity contribution is 6.32. The van der Waals surface area contributed by atoms with E-state index in [4.69, 9.17) is 15.2 Å². The third kappa shape index (κ3) is 4.03. The highest BCUT2D eigenvalue weighted by atomic mass is 16.5. The van der Waals surface area contributed by atoms with Crippen molar-refractivity contribution in [2.24, 2.45) is 10.8 Å². The number of nitrogens with two attached hydrogens (primary N) is 1. The molecule has 0 aliphatic carbocycles. The van der Waals surface area contributed by atoms with E-state index in [0.717, 1.165) is 16.8 Å². The Morgan fingerprint density at radius 3 is 2.64 bits per heavy atom. The number of amides is 2. The van der Waals surface area contributed by atoms with Crippen LogP contribution in [0, 0.1) is 6.92 Å². The smallest absolute Gasteiger partial charge is 0.280 e. The summed E-state index contributed by atoms with van der Waals surface area (Å²) in [4.78, 5) is 23.8. The van der Waals surface area contributed by atoms with Crippen molar-refractivity contribution in [2.75, 3.05) is 18.7 Å². The average molecular weight is 379 g/mol. The molecule has 7 heteroatoms. The van der Waals surface area contributed by atoms with E-state index in [9.17, 15) is 9.59 Å². The number of primary amides is 1. The first-order valence-electron chi connectivity index (χ1n) is 8.66. The Morgan fingerprint density at radius 2 is 1.96 bits per heavy atom. The molecule has 1 heterocycles. The Morgan fingerprint density at radius 1 is 1.18 bits per heavy atom. The van der Waals surface area contributed by atoms with Crippen LogP contribution in [-0.2, 0) is 9.59 Å². The van der Waals surface area contributed by atoms with E-state index in [2.05, 4.69) is 5.10 Å². The van der Waals surface area contributed by atoms with Gasteiger partial charge in [0.1, 0.15) is 0 Å². The van der Waals surface area contributed by atoms with Crippen molar-refractivity contribution in [3.63, 3.8) is 0 Å². The molecule has 0 bridgehead atoms. The molecule has 7 nitrogen and oxygen atoms in total.